The Kier molecular flexibility index (Phi) is 4.10. The molecule has 0 spiro atoms. The summed E-state index contributed by atoms with van der Waals surface area (Å²) in [5.41, 5.74) is 5.30. The number of primary amides is 1. The number of nitrogens with zero attached hydrogens (tertiary/aromatic N) is 1. The van der Waals surface area contributed by atoms with Gasteiger partial charge in [-0.2, -0.15) is 0 Å². The molecule has 2 rings (SSSR count). The molecular formula is C13H17N3O5S. The summed E-state index contributed by atoms with van der Waals surface area (Å²) >= 11 is 0. The van der Waals surface area contributed by atoms with E-state index in [0.29, 0.717) is 12.8 Å². The Hall–Kier alpha value is -2.16. The second kappa shape index (κ2) is 5.56. The second-order valence-corrected chi connectivity index (χ2v) is 7.69. The van der Waals surface area contributed by atoms with Crippen LogP contribution in [-0.2, 0) is 9.84 Å². The summed E-state index contributed by atoms with van der Waals surface area (Å²) in [6.07, 6.45) is 3.45. The Labute approximate surface area is 128 Å². The van der Waals surface area contributed by atoms with E-state index in [1.807, 2.05) is 0 Å². The fraction of sp³-hybridized carbons (Fsp3) is 0.462. The molecular weight excluding hydrogens is 310 g/mol. The third kappa shape index (κ3) is 3.03. The summed E-state index contributed by atoms with van der Waals surface area (Å²) in [7, 11) is -1.90. The molecule has 1 aliphatic carbocycles. The van der Waals surface area contributed by atoms with Crippen molar-refractivity contribution < 1.29 is 22.7 Å². The second-order valence-electron chi connectivity index (χ2n) is 5.28. The first-order valence-electron chi connectivity index (χ1n) is 6.52. The zero-order valence-corrected chi connectivity index (χ0v) is 13.1. The molecule has 0 radical (unpaired) electrons. The lowest BCUT2D eigenvalue weighted by atomic mass is 10.1. The molecule has 1 aromatic heterocycles. The summed E-state index contributed by atoms with van der Waals surface area (Å²) < 4.78 is 27.3. The molecule has 9 heteroatoms. The molecule has 2 amide bonds. The van der Waals surface area contributed by atoms with Gasteiger partial charge in [-0.1, -0.05) is 0 Å². The average Bonchev–Trinajstić information content (AvgIpc) is 3.24. The summed E-state index contributed by atoms with van der Waals surface area (Å²) in [5.74, 6) is -1.26. The van der Waals surface area contributed by atoms with Crippen molar-refractivity contribution in [1.82, 2.24) is 10.3 Å². The highest BCUT2D eigenvalue weighted by molar-refractivity contribution is 7.92. The Bertz CT molecular complexity index is 725. The molecule has 0 bridgehead atoms. The number of hydrogen-bond acceptors (Lipinski definition) is 6. The maximum Gasteiger partial charge on any atom is 0.254 e. The number of pyridine rings is 1. The average molecular weight is 327 g/mol. The van der Waals surface area contributed by atoms with Gasteiger partial charge in [0, 0.05) is 19.0 Å². The van der Waals surface area contributed by atoms with Crippen molar-refractivity contribution in [3.05, 3.63) is 23.4 Å². The number of ether oxygens (including phenoxy) is 1. The van der Waals surface area contributed by atoms with E-state index in [1.165, 1.54) is 19.4 Å². The van der Waals surface area contributed by atoms with E-state index in [2.05, 4.69) is 10.3 Å². The first-order chi connectivity index (χ1) is 10.2. The van der Waals surface area contributed by atoms with E-state index in [1.54, 1.807) is 0 Å². The number of carbonyl (C=O) groups is 2. The van der Waals surface area contributed by atoms with Crippen LogP contribution in [0.2, 0.25) is 0 Å². The lowest BCUT2D eigenvalue weighted by molar-refractivity contribution is 0.0952. The maximum absolute atomic E-state index is 12.1. The first-order valence-corrected chi connectivity index (χ1v) is 8.41. The lowest BCUT2D eigenvalue weighted by Crippen LogP contribution is -2.38. The number of carbonyl (C=O) groups excluding carboxylic acids is 2. The monoisotopic (exact) mass is 327 g/mol. The zero-order chi connectivity index (χ0) is 16.5. The molecule has 22 heavy (non-hydrogen) atoms. The molecule has 1 aliphatic rings. The fourth-order valence-electron chi connectivity index (χ4n) is 2.08. The zero-order valence-electron chi connectivity index (χ0n) is 12.3. The SMILES string of the molecule is COc1ncc(C(=O)NCC2(S(C)(=O)=O)CC2)cc1C(N)=O. The van der Waals surface area contributed by atoms with Crippen LogP contribution < -0.4 is 15.8 Å². The van der Waals surface area contributed by atoms with Gasteiger partial charge in [-0.25, -0.2) is 13.4 Å². The van der Waals surface area contributed by atoms with Crippen molar-refractivity contribution in [1.29, 1.82) is 0 Å². The molecule has 1 aromatic rings. The van der Waals surface area contributed by atoms with Gasteiger partial charge in [0.2, 0.25) is 5.88 Å². The molecule has 120 valence electrons. The van der Waals surface area contributed by atoms with E-state index >= 15 is 0 Å². The number of aromatic nitrogens is 1. The minimum Gasteiger partial charge on any atom is -0.480 e. The van der Waals surface area contributed by atoms with Crippen molar-refractivity contribution >= 4 is 21.7 Å². The quantitative estimate of drug-likeness (QED) is 0.724. The summed E-state index contributed by atoms with van der Waals surface area (Å²) in [4.78, 5) is 27.2. The number of hydrogen-bond donors (Lipinski definition) is 2. The standard InChI is InChI=1S/C13H17N3O5S/c1-21-12-9(10(14)17)5-8(6-15-12)11(18)16-7-13(3-4-13)22(2,19)20/h5-6H,3-4,7H2,1-2H3,(H2,14,17)(H,16,18). The molecule has 0 aliphatic heterocycles. The molecule has 1 heterocycles. The van der Waals surface area contributed by atoms with Crippen molar-refractivity contribution in [2.45, 2.75) is 17.6 Å². The van der Waals surface area contributed by atoms with Gasteiger partial charge in [0.05, 0.1) is 17.4 Å². The van der Waals surface area contributed by atoms with E-state index < -0.39 is 26.4 Å². The van der Waals surface area contributed by atoms with Gasteiger partial charge in [0.25, 0.3) is 11.8 Å². The van der Waals surface area contributed by atoms with Gasteiger partial charge in [-0.05, 0) is 18.9 Å². The van der Waals surface area contributed by atoms with Gasteiger partial charge in [0.1, 0.15) is 5.56 Å². The van der Waals surface area contributed by atoms with E-state index in [4.69, 9.17) is 10.5 Å². The van der Waals surface area contributed by atoms with Crippen molar-refractivity contribution in [3.8, 4) is 5.88 Å². The maximum atomic E-state index is 12.1. The van der Waals surface area contributed by atoms with Crippen LogP contribution in [0, 0.1) is 0 Å². The number of sulfone groups is 1. The van der Waals surface area contributed by atoms with Crippen LogP contribution in [0.25, 0.3) is 0 Å². The highest BCUT2D eigenvalue weighted by Crippen LogP contribution is 2.42. The lowest BCUT2D eigenvalue weighted by Gasteiger charge is -2.14. The van der Waals surface area contributed by atoms with Crippen LogP contribution in [0.4, 0.5) is 0 Å². The van der Waals surface area contributed by atoms with Gasteiger partial charge >= 0.3 is 0 Å². The predicted molar refractivity (Wildman–Crippen MR) is 78.4 cm³/mol. The third-order valence-electron chi connectivity index (χ3n) is 3.74. The van der Waals surface area contributed by atoms with Crippen molar-refractivity contribution in [2.75, 3.05) is 19.9 Å². The summed E-state index contributed by atoms with van der Waals surface area (Å²) in [6.45, 7) is 0.0304. The number of amides is 2. The Morgan fingerprint density at radius 3 is 2.55 bits per heavy atom. The molecule has 0 aromatic carbocycles. The molecule has 0 unspecified atom stereocenters. The Morgan fingerprint density at radius 2 is 2.09 bits per heavy atom. The smallest absolute Gasteiger partial charge is 0.254 e. The minimum absolute atomic E-state index is 0.0144. The largest absolute Gasteiger partial charge is 0.480 e. The highest BCUT2D eigenvalue weighted by Gasteiger charge is 2.52. The molecule has 0 atom stereocenters. The molecule has 8 nitrogen and oxygen atoms in total. The number of rotatable bonds is 6. The van der Waals surface area contributed by atoms with Gasteiger partial charge in [-0.15, -0.1) is 0 Å². The summed E-state index contributed by atoms with van der Waals surface area (Å²) in [6, 6.07) is 1.27. The fourth-order valence-corrected chi connectivity index (χ4v) is 3.26. The molecule has 3 N–H and O–H groups in total. The van der Waals surface area contributed by atoms with Crippen LogP contribution in [0.3, 0.4) is 0 Å². The van der Waals surface area contributed by atoms with Gasteiger partial charge in [-0.3, -0.25) is 9.59 Å². The molecule has 1 saturated carbocycles. The summed E-state index contributed by atoms with van der Waals surface area (Å²) in [5, 5.41) is 2.56. The van der Waals surface area contributed by atoms with E-state index in [-0.39, 0.29) is 23.6 Å². The van der Waals surface area contributed by atoms with Crippen LogP contribution in [-0.4, -0.2) is 49.9 Å². The normalized spacial score (nSPS) is 15.9. The van der Waals surface area contributed by atoms with Gasteiger partial charge in [0.15, 0.2) is 9.84 Å². The highest BCUT2D eigenvalue weighted by atomic mass is 32.2. The number of nitrogens with two attached hydrogens (primary N) is 1. The first kappa shape index (κ1) is 16.2. The Morgan fingerprint density at radius 1 is 1.45 bits per heavy atom. The van der Waals surface area contributed by atoms with E-state index in [0.717, 1.165) is 6.26 Å². The molecule has 0 saturated heterocycles. The molecule has 1 fully saturated rings. The van der Waals surface area contributed by atoms with Crippen LogP contribution in [0.15, 0.2) is 12.3 Å². The minimum atomic E-state index is -3.23. The number of nitrogens with one attached hydrogen (secondary N) is 1. The van der Waals surface area contributed by atoms with Gasteiger partial charge < -0.3 is 15.8 Å². The third-order valence-corrected chi connectivity index (χ3v) is 5.86. The topological polar surface area (TPSA) is 128 Å². The van der Waals surface area contributed by atoms with Crippen molar-refractivity contribution in [2.24, 2.45) is 5.73 Å². The Balaban J connectivity index is 2.14. The predicted octanol–water partition coefficient (Wildman–Crippen LogP) is -0.504. The van der Waals surface area contributed by atoms with Crippen LogP contribution >= 0.6 is 0 Å². The van der Waals surface area contributed by atoms with Crippen LogP contribution in [0.5, 0.6) is 5.88 Å². The van der Waals surface area contributed by atoms with Crippen molar-refractivity contribution in [3.63, 3.8) is 0 Å². The van der Waals surface area contributed by atoms with E-state index in [9.17, 15) is 18.0 Å². The number of methoxy groups -OCH3 is 1. The van der Waals surface area contributed by atoms with Crippen LogP contribution in [0.1, 0.15) is 33.6 Å².